The van der Waals surface area contributed by atoms with Crippen LogP contribution in [0, 0.1) is 0 Å². The van der Waals surface area contributed by atoms with Crippen molar-refractivity contribution in [3.63, 3.8) is 0 Å². The molecule has 8 heteroatoms. The van der Waals surface area contributed by atoms with E-state index >= 15 is 0 Å². The van der Waals surface area contributed by atoms with Crippen LogP contribution in [0.4, 0.5) is 5.69 Å². The standard InChI is InChI=1S/C24H20BN5O2/c1-25(31)20-13-19(16-8-9-18-21(26)15-27-29-22(18)12-16)23(30-11-5-10-28-30)14-24(20)32-17-6-3-2-4-7-17/h2-15,31H,1H3,(H2,26,29). The highest BCUT2D eigenvalue weighted by Crippen LogP contribution is 2.33. The zero-order chi connectivity index (χ0) is 22.1. The van der Waals surface area contributed by atoms with Gasteiger partial charge in [-0.25, -0.2) is 4.68 Å². The molecule has 3 N–H and O–H groups in total. The highest BCUT2D eigenvalue weighted by atomic mass is 16.5. The first-order chi connectivity index (χ1) is 15.6. The molecule has 2 heterocycles. The topological polar surface area (TPSA) is 99.1 Å². The normalized spacial score (nSPS) is 10.9. The average molecular weight is 421 g/mol. The summed E-state index contributed by atoms with van der Waals surface area (Å²) in [6.45, 7) is 0.979. The number of nitrogen functional groups attached to an aromatic ring is 1. The average Bonchev–Trinajstić information content (AvgIpc) is 3.34. The highest BCUT2D eigenvalue weighted by molar-refractivity contribution is 6.66. The van der Waals surface area contributed by atoms with Crippen LogP contribution in [0.2, 0.25) is 6.82 Å². The quantitative estimate of drug-likeness (QED) is 0.420. The van der Waals surface area contributed by atoms with Gasteiger partial charge < -0.3 is 15.5 Å². The second-order valence-electron chi connectivity index (χ2n) is 7.48. The number of ether oxygens (including phenoxy) is 1. The Labute approximate surface area is 185 Å². The number of rotatable bonds is 5. The van der Waals surface area contributed by atoms with Gasteiger partial charge in [-0.1, -0.05) is 37.2 Å². The summed E-state index contributed by atoms with van der Waals surface area (Å²) in [5.74, 6) is 1.25. The van der Waals surface area contributed by atoms with Crippen molar-refractivity contribution in [2.24, 2.45) is 0 Å². The highest BCUT2D eigenvalue weighted by Gasteiger charge is 2.20. The molecular weight excluding hydrogens is 401 g/mol. The first kappa shape index (κ1) is 19.8. The molecule has 0 spiro atoms. The largest absolute Gasteiger partial charge is 0.458 e. The molecule has 156 valence electrons. The molecule has 0 saturated heterocycles. The summed E-state index contributed by atoms with van der Waals surface area (Å²) in [5.41, 5.74) is 10.6. The number of para-hydroxylation sites is 1. The molecule has 3 aromatic carbocycles. The maximum atomic E-state index is 10.5. The fourth-order valence-corrected chi connectivity index (χ4v) is 3.70. The van der Waals surface area contributed by atoms with E-state index in [1.165, 1.54) is 0 Å². The van der Waals surface area contributed by atoms with Crippen LogP contribution in [-0.2, 0) is 0 Å². The van der Waals surface area contributed by atoms with Gasteiger partial charge >= 0.3 is 6.92 Å². The molecule has 0 aliphatic carbocycles. The lowest BCUT2D eigenvalue weighted by atomic mass is 9.63. The van der Waals surface area contributed by atoms with Gasteiger partial charge in [-0.15, -0.1) is 0 Å². The van der Waals surface area contributed by atoms with Crippen molar-refractivity contribution in [2.75, 3.05) is 5.73 Å². The fraction of sp³-hybridized carbons (Fsp3) is 0.0417. The van der Waals surface area contributed by atoms with Crippen molar-refractivity contribution in [1.29, 1.82) is 0 Å². The molecule has 0 amide bonds. The molecule has 0 bridgehead atoms. The lowest BCUT2D eigenvalue weighted by Gasteiger charge is -2.18. The number of aromatic nitrogens is 4. The Balaban J connectivity index is 1.72. The van der Waals surface area contributed by atoms with Crippen LogP contribution >= 0.6 is 0 Å². The lowest BCUT2D eigenvalue weighted by Crippen LogP contribution is -2.28. The Bertz CT molecular complexity index is 1390. The molecule has 0 unspecified atom stereocenters. The molecule has 0 saturated carbocycles. The molecule has 2 aromatic heterocycles. The van der Waals surface area contributed by atoms with E-state index in [1.54, 1.807) is 23.9 Å². The van der Waals surface area contributed by atoms with Crippen molar-refractivity contribution in [3.05, 3.63) is 85.3 Å². The number of hydrogen-bond acceptors (Lipinski definition) is 6. The molecule has 5 aromatic rings. The molecule has 7 nitrogen and oxygen atoms in total. The van der Waals surface area contributed by atoms with Crippen LogP contribution in [0.15, 0.2) is 85.3 Å². The summed E-state index contributed by atoms with van der Waals surface area (Å²) in [5, 5.41) is 24.0. The Morgan fingerprint density at radius 3 is 2.62 bits per heavy atom. The Kier molecular flexibility index (Phi) is 5.05. The van der Waals surface area contributed by atoms with E-state index in [0.29, 0.717) is 28.2 Å². The van der Waals surface area contributed by atoms with E-state index in [4.69, 9.17) is 10.5 Å². The third-order valence-corrected chi connectivity index (χ3v) is 5.28. The summed E-state index contributed by atoms with van der Waals surface area (Å²) >= 11 is 0. The summed E-state index contributed by atoms with van der Waals surface area (Å²) in [6.07, 6.45) is 5.13. The molecule has 0 aliphatic rings. The fourth-order valence-electron chi connectivity index (χ4n) is 3.70. The van der Waals surface area contributed by atoms with Crippen molar-refractivity contribution in [2.45, 2.75) is 6.82 Å². The molecule has 5 rings (SSSR count). The molecule has 0 atom stereocenters. The van der Waals surface area contributed by atoms with E-state index in [1.807, 2.05) is 72.9 Å². The summed E-state index contributed by atoms with van der Waals surface area (Å²) in [6, 6.07) is 21.0. The van der Waals surface area contributed by atoms with Crippen LogP contribution in [0.3, 0.4) is 0 Å². The van der Waals surface area contributed by atoms with Gasteiger partial charge in [-0.3, -0.25) is 0 Å². The Morgan fingerprint density at radius 2 is 1.88 bits per heavy atom. The number of benzene rings is 3. The number of anilines is 1. The van der Waals surface area contributed by atoms with Crippen LogP contribution in [0.1, 0.15) is 0 Å². The van der Waals surface area contributed by atoms with E-state index in [-0.39, 0.29) is 0 Å². The Morgan fingerprint density at radius 1 is 1.03 bits per heavy atom. The molecule has 0 fully saturated rings. The second kappa shape index (κ2) is 8.17. The zero-order valence-corrected chi connectivity index (χ0v) is 17.4. The number of nitrogens with zero attached hydrogens (tertiary/aromatic N) is 4. The van der Waals surface area contributed by atoms with Crippen LogP contribution in [0.25, 0.3) is 27.7 Å². The maximum Gasteiger partial charge on any atom is 0.324 e. The molecule has 0 radical (unpaired) electrons. The van der Waals surface area contributed by atoms with Gasteiger partial charge in [0.05, 0.1) is 23.1 Å². The maximum absolute atomic E-state index is 10.5. The molecule has 0 aliphatic heterocycles. The van der Waals surface area contributed by atoms with Gasteiger partial charge in [-0.2, -0.15) is 15.3 Å². The van der Waals surface area contributed by atoms with Crippen molar-refractivity contribution in [3.8, 4) is 28.3 Å². The molecule has 32 heavy (non-hydrogen) atoms. The van der Waals surface area contributed by atoms with E-state index in [9.17, 15) is 5.02 Å². The third kappa shape index (κ3) is 3.68. The monoisotopic (exact) mass is 421 g/mol. The predicted molar refractivity (Wildman–Crippen MR) is 126 cm³/mol. The van der Waals surface area contributed by atoms with Crippen LogP contribution < -0.4 is 15.9 Å². The zero-order valence-electron chi connectivity index (χ0n) is 17.4. The number of fused-ring (bicyclic) bond motifs is 1. The third-order valence-electron chi connectivity index (χ3n) is 5.28. The van der Waals surface area contributed by atoms with Gasteiger partial charge in [0.15, 0.2) is 0 Å². The first-order valence-electron chi connectivity index (χ1n) is 10.2. The minimum Gasteiger partial charge on any atom is -0.458 e. The smallest absolute Gasteiger partial charge is 0.324 e. The second-order valence-corrected chi connectivity index (χ2v) is 7.48. The van der Waals surface area contributed by atoms with Gasteiger partial charge in [0.25, 0.3) is 0 Å². The van der Waals surface area contributed by atoms with E-state index in [2.05, 4.69) is 15.3 Å². The lowest BCUT2D eigenvalue weighted by molar-refractivity contribution is 0.484. The van der Waals surface area contributed by atoms with Crippen LogP contribution in [0.5, 0.6) is 11.5 Å². The van der Waals surface area contributed by atoms with Gasteiger partial charge in [0.2, 0.25) is 0 Å². The minimum atomic E-state index is -0.741. The van der Waals surface area contributed by atoms with Crippen LogP contribution in [-0.4, -0.2) is 31.9 Å². The summed E-state index contributed by atoms with van der Waals surface area (Å²) < 4.78 is 7.92. The van der Waals surface area contributed by atoms with Crippen molar-refractivity contribution < 1.29 is 9.76 Å². The van der Waals surface area contributed by atoms with Gasteiger partial charge in [-0.05, 0) is 41.4 Å². The number of nitrogens with two attached hydrogens (primary N) is 1. The van der Waals surface area contributed by atoms with Gasteiger partial charge in [0.1, 0.15) is 11.5 Å². The summed E-state index contributed by atoms with van der Waals surface area (Å²) in [7, 11) is 0. The van der Waals surface area contributed by atoms with E-state index < -0.39 is 6.92 Å². The number of hydrogen-bond donors (Lipinski definition) is 2. The minimum absolute atomic E-state index is 0.560. The first-order valence-corrected chi connectivity index (χ1v) is 10.2. The van der Waals surface area contributed by atoms with Gasteiger partial charge in [0, 0.05) is 29.4 Å². The van der Waals surface area contributed by atoms with Crippen molar-refractivity contribution in [1.82, 2.24) is 20.0 Å². The predicted octanol–water partition coefficient (Wildman–Crippen LogP) is 3.68. The van der Waals surface area contributed by atoms with Crippen molar-refractivity contribution >= 4 is 29.0 Å². The summed E-state index contributed by atoms with van der Waals surface area (Å²) in [4.78, 5) is 0. The molecular formula is C24H20BN5O2. The SMILES string of the molecule is CB(O)c1cc(-c2ccc3c(N)cnnc3c2)c(-n2cccn2)cc1Oc1ccccc1. The van der Waals surface area contributed by atoms with E-state index in [0.717, 1.165) is 22.2 Å². The Hall–Kier alpha value is -4.17.